The summed E-state index contributed by atoms with van der Waals surface area (Å²) in [6.07, 6.45) is -8.12. The van der Waals surface area contributed by atoms with Gasteiger partial charge in [0.1, 0.15) is 23.9 Å². The normalized spacial score (nSPS) is 31.9. The van der Waals surface area contributed by atoms with E-state index >= 15 is 4.79 Å². The summed E-state index contributed by atoms with van der Waals surface area (Å²) >= 11 is 4.94. The zero-order valence-corrected chi connectivity index (χ0v) is 36.1. The summed E-state index contributed by atoms with van der Waals surface area (Å²) in [7, 11) is 0. The third kappa shape index (κ3) is 7.41. The molecule has 328 valence electrons. The van der Waals surface area contributed by atoms with Gasteiger partial charge < -0.3 is 39.2 Å². The molecule has 7 rings (SSSR count). The van der Waals surface area contributed by atoms with Gasteiger partial charge in [-0.1, -0.05) is 87.5 Å². The maximum Gasteiger partial charge on any atom is 0.338 e. The van der Waals surface area contributed by atoms with Crippen LogP contribution < -0.4 is 5.32 Å². The Bertz CT molecular complexity index is 2290. The van der Waals surface area contributed by atoms with Crippen LogP contribution in [0.5, 0.6) is 0 Å². The Kier molecular flexibility index (Phi) is 12.1. The molecule has 62 heavy (non-hydrogen) atoms. The highest BCUT2D eigenvalue weighted by atomic mass is 32.1. The van der Waals surface area contributed by atoms with Gasteiger partial charge in [0.05, 0.1) is 29.5 Å². The van der Waals surface area contributed by atoms with Crippen molar-refractivity contribution in [2.24, 2.45) is 16.7 Å². The van der Waals surface area contributed by atoms with E-state index in [4.69, 9.17) is 36.3 Å². The summed E-state index contributed by atoms with van der Waals surface area (Å²) < 4.78 is 30.6. The van der Waals surface area contributed by atoms with Crippen LogP contribution in [-0.4, -0.2) is 99.4 Å². The molecule has 0 spiro atoms. The molecule has 1 amide bonds. The summed E-state index contributed by atoms with van der Waals surface area (Å²) in [5.41, 5.74) is -6.26. The maximum absolute atomic E-state index is 15.6. The molecule has 11 atom stereocenters. The second-order valence-corrected chi connectivity index (χ2v) is 18.0. The molecule has 3 aromatic rings. The van der Waals surface area contributed by atoms with Crippen molar-refractivity contribution in [1.29, 1.82) is 0 Å². The predicted molar refractivity (Wildman–Crippen MR) is 224 cm³/mol. The number of rotatable bonds is 10. The second-order valence-electron chi connectivity index (χ2n) is 17.4. The SMILES string of the molecule is CC(=O)OC1C(=O)[C@]2(C)C(S)CC3OCC3(OC(C)=O)C2C(OC(=O)c2ccccc2)C2(O)CC(OC(=O)C(O)C(NC(=O)c3ccccc3)c3ccccc3)C(C)=C1C2(C)C. The Balaban J connectivity index is 1.39. The summed E-state index contributed by atoms with van der Waals surface area (Å²) in [5, 5.41) is 27.4. The van der Waals surface area contributed by atoms with Gasteiger partial charge in [0.25, 0.3) is 5.91 Å². The number of benzene rings is 3. The molecule has 1 aliphatic heterocycles. The molecular formula is C47H51NO13S. The van der Waals surface area contributed by atoms with Gasteiger partial charge in [0, 0.05) is 36.5 Å². The third-order valence-corrected chi connectivity index (χ3v) is 14.2. The Hall–Kier alpha value is -5.35. The maximum atomic E-state index is 15.6. The number of hydrogen-bond donors (Lipinski definition) is 4. The molecule has 14 nitrogen and oxygen atoms in total. The summed E-state index contributed by atoms with van der Waals surface area (Å²) in [4.78, 5) is 83.7. The van der Waals surface area contributed by atoms with E-state index in [-0.39, 0.29) is 35.3 Å². The lowest BCUT2D eigenvalue weighted by molar-refractivity contribution is -0.331. The summed E-state index contributed by atoms with van der Waals surface area (Å²) in [6, 6.07) is 23.2. The fourth-order valence-electron chi connectivity index (χ4n) is 10.2. The summed E-state index contributed by atoms with van der Waals surface area (Å²) in [6.45, 7) is 8.44. The van der Waals surface area contributed by atoms with Crippen molar-refractivity contribution in [1.82, 2.24) is 5.32 Å². The number of ketones is 1. The van der Waals surface area contributed by atoms with Crippen LogP contribution in [0, 0.1) is 16.7 Å². The van der Waals surface area contributed by atoms with E-state index in [2.05, 4.69) is 5.32 Å². The fraction of sp³-hybridized carbons (Fsp3) is 0.447. The van der Waals surface area contributed by atoms with Gasteiger partial charge in [0.2, 0.25) is 0 Å². The van der Waals surface area contributed by atoms with Gasteiger partial charge in [-0.25, -0.2) is 9.59 Å². The molecule has 2 bridgehead atoms. The molecule has 10 unspecified atom stereocenters. The molecule has 3 aliphatic carbocycles. The first-order valence-corrected chi connectivity index (χ1v) is 21.0. The minimum absolute atomic E-state index is 0.0743. The molecule has 3 N–H and O–H groups in total. The average Bonchev–Trinajstić information content (AvgIpc) is 3.24. The van der Waals surface area contributed by atoms with Gasteiger partial charge in [-0.15, -0.1) is 0 Å². The van der Waals surface area contributed by atoms with E-state index in [1.165, 1.54) is 19.1 Å². The quantitative estimate of drug-likeness (QED) is 0.0949. The van der Waals surface area contributed by atoms with E-state index in [9.17, 15) is 34.2 Å². The first-order valence-electron chi connectivity index (χ1n) is 20.5. The van der Waals surface area contributed by atoms with Gasteiger partial charge in [-0.3, -0.25) is 19.2 Å². The Morgan fingerprint density at radius 2 is 1.42 bits per heavy atom. The largest absolute Gasteiger partial charge is 0.456 e. The van der Waals surface area contributed by atoms with Crippen LogP contribution >= 0.6 is 12.6 Å². The molecule has 1 saturated heterocycles. The van der Waals surface area contributed by atoms with Crippen molar-refractivity contribution < 1.29 is 62.7 Å². The molecule has 0 aromatic heterocycles. The zero-order chi connectivity index (χ0) is 44.9. The van der Waals surface area contributed by atoms with Crippen molar-refractivity contribution in [2.45, 2.75) is 107 Å². The van der Waals surface area contributed by atoms with E-state index in [0.717, 1.165) is 6.92 Å². The lowest BCUT2D eigenvalue weighted by Crippen LogP contribution is -2.81. The van der Waals surface area contributed by atoms with Crippen LogP contribution in [0.3, 0.4) is 0 Å². The zero-order valence-electron chi connectivity index (χ0n) is 35.2. The van der Waals surface area contributed by atoms with Crippen molar-refractivity contribution in [3.8, 4) is 0 Å². The Morgan fingerprint density at radius 3 is 1.97 bits per heavy atom. The predicted octanol–water partition coefficient (Wildman–Crippen LogP) is 4.67. The lowest BCUT2D eigenvalue weighted by atomic mass is 9.45. The van der Waals surface area contributed by atoms with E-state index in [0.29, 0.717) is 5.56 Å². The summed E-state index contributed by atoms with van der Waals surface area (Å²) in [5.74, 6) is -6.28. The van der Waals surface area contributed by atoms with Gasteiger partial charge >= 0.3 is 23.9 Å². The number of ether oxygens (including phenoxy) is 5. The molecule has 15 heteroatoms. The number of hydrogen-bond acceptors (Lipinski definition) is 14. The van der Waals surface area contributed by atoms with E-state index < -0.39 is 112 Å². The third-order valence-electron chi connectivity index (χ3n) is 13.5. The molecule has 0 radical (unpaired) electrons. The Morgan fingerprint density at radius 1 is 0.839 bits per heavy atom. The second kappa shape index (κ2) is 16.7. The Labute approximate surface area is 364 Å². The van der Waals surface area contributed by atoms with Crippen LogP contribution in [0.15, 0.2) is 102 Å². The molecule has 1 heterocycles. The standard InChI is InChI=1S/C47H51NO13S/c1-25-31(59-43(55)36(51)35(28-16-10-7-11-17-28)48-41(53)29-18-12-8-13-19-29)23-47(56)40(60-42(54)30-20-14-9-15-21-30)38-45(6,33(62)22-32-46(38,24-57-32)61-27(3)50)39(52)37(58-26(2)49)34(25)44(47,4)5/h7-21,31-33,35-38,40,51,56,62H,22-24H2,1-6H3,(H,48,53)/t31?,32?,33?,35?,36?,37?,38?,40?,45-,46?,47?/m1/s1. The van der Waals surface area contributed by atoms with Crippen LogP contribution in [-0.2, 0) is 42.9 Å². The highest BCUT2D eigenvalue weighted by molar-refractivity contribution is 7.81. The van der Waals surface area contributed by atoms with E-state index in [1.54, 1.807) is 107 Å². The molecule has 3 aromatic carbocycles. The van der Waals surface area contributed by atoms with Crippen LogP contribution in [0.4, 0.5) is 0 Å². The van der Waals surface area contributed by atoms with Crippen molar-refractivity contribution in [3.05, 3.63) is 119 Å². The van der Waals surface area contributed by atoms with Gasteiger partial charge in [0.15, 0.2) is 23.6 Å². The number of carbonyl (C=O) groups is 6. The van der Waals surface area contributed by atoms with Crippen molar-refractivity contribution in [3.63, 3.8) is 0 Å². The minimum atomic E-state index is -2.31. The number of aliphatic hydroxyl groups excluding tert-OH is 1. The van der Waals surface area contributed by atoms with Gasteiger partial charge in [-0.05, 0) is 54.3 Å². The van der Waals surface area contributed by atoms with Crippen LogP contribution in [0.2, 0.25) is 0 Å². The lowest BCUT2D eigenvalue weighted by Gasteiger charge is -2.67. The number of thiol groups is 1. The van der Waals surface area contributed by atoms with Crippen LogP contribution in [0.1, 0.15) is 86.7 Å². The highest BCUT2D eigenvalue weighted by Crippen LogP contribution is 2.65. The van der Waals surface area contributed by atoms with Crippen LogP contribution in [0.25, 0.3) is 0 Å². The topological polar surface area (TPSA) is 201 Å². The van der Waals surface area contributed by atoms with E-state index in [1.807, 2.05) is 0 Å². The number of amides is 1. The number of nitrogens with one attached hydrogen (secondary N) is 1. The van der Waals surface area contributed by atoms with Crippen molar-refractivity contribution >= 4 is 48.2 Å². The minimum Gasteiger partial charge on any atom is -0.456 e. The number of aliphatic hydroxyl groups is 2. The smallest absolute Gasteiger partial charge is 0.338 e. The molecule has 2 saturated carbocycles. The van der Waals surface area contributed by atoms with Gasteiger partial charge in [-0.2, -0.15) is 12.6 Å². The fourth-order valence-corrected chi connectivity index (χ4v) is 10.7. The number of fused-ring (bicyclic) bond motifs is 5. The van der Waals surface area contributed by atoms with Crippen molar-refractivity contribution in [2.75, 3.05) is 6.61 Å². The average molecular weight is 870 g/mol. The first-order chi connectivity index (χ1) is 29.3. The molecule has 4 aliphatic rings. The number of esters is 4. The number of carbonyl (C=O) groups excluding carboxylic acids is 6. The highest BCUT2D eigenvalue weighted by Gasteiger charge is 2.78. The first kappa shape index (κ1) is 44.7. The number of Topliss-reactive ketones (excluding diaryl/α,β-unsaturated/α-hetero) is 1. The molecular weight excluding hydrogens is 819 g/mol. The monoisotopic (exact) mass is 869 g/mol. The molecule has 3 fully saturated rings.